The SMILES string of the molecule is CC(C)c1ccc([C@@H]2C[C@@H](C(F)(F)F)n3nc(-c4n[nH]c(=S)n4Cc4ccccc4)cc3N2)cc1. The lowest BCUT2D eigenvalue weighted by molar-refractivity contribution is -0.173. The summed E-state index contributed by atoms with van der Waals surface area (Å²) in [5, 5.41) is 14.6. The van der Waals surface area contributed by atoms with Crippen LogP contribution in [-0.2, 0) is 6.54 Å². The number of H-pyrrole nitrogens is 1. The molecule has 0 bridgehead atoms. The number of hydrogen-bond donors (Lipinski definition) is 2. The third kappa shape index (κ3) is 4.62. The second kappa shape index (κ2) is 8.99. The molecule has 0 amide bonds. The average Bonchev–Trinajstić information content (AvgIpc) is 3.41. The van der Waals surface area contributed by atoms with E-state index >= 15 is 0 Å². The van der Waals surface area contributed by atoms with Crippen molar-refractivity contribution >= 4 is 18.0 Å². The molecule has 4 aromatic rings. The minimum absolute atomic E-state index is 0.157. The molecule has 2 atom stereocenters. The van der Waals surface area contributed by atoms with Gasteiger partial charge in [-0.25, -0.2) is 4.68 Å². The molecule has 1 aliphatic rings. The fourth-order valence-corrected chi connectivity index (χ4v) is 4.64. The molecule has 0 radical (unpaired) electrons. The summed E-state index contributed by atoms with van der Waals surface area (Å²) in [5.41, 5.74) is 3.27. The van der Waals surface area contributed by atoms with E-state index in [9.17, 15) is 13.2 Å². The molecule has 3 heterocycles. The maximum atomic E-state index is 14.1. The molecular weight excluding hydrogens is 473 g/mol. The fraction of sp³-hybridized carbons (Fsp3) is 0.320. The van der Waals surface area contributed by atoms with Gasteiger partial charge in [0.25, 0.3) is 0 Å². The summed E-state index contributed by atoms with van der Waals surface area (Å²) in [6.07, 6.45) is -4.61. The van der Waals surface area contributed by atoms with Gasteiger partial charge < -0.3 is 5.32 Å². The number of benzene rings is 2. The highest BCUT2D eigenvalue weighted by atomic mass is 32.1. The molecular formula is C25H25F3N6S. The van der Waals surface area contributed by atoms with E-state index in [1.165, 1.54) is 0 Å². The largest absolute Gasteiger partial charge is 0.410 e. The van der Waals surface area contributed by atoms with E-state index < -0.39 is 18.3 Å². The zero-order valence-electron chi connectivity index (χ0n) is 19.3. The van der Waals surface area contributed by atoms with Gasteiger partial charge in [0, 0.05) is 12.5 Å². The molecule has 1 aliphatic heterocycles. The molecule has 2 N–H and O–H groups in total. The molecule has 10 heteroatoms. The number of rotatable bonds is 5. The van der Waals surface area contributed by atoms with Crippen molar-refractivity contribution in [3.05, 3.63) is 82.1 Å². The van der Waals surface area contributed by atoms with Gasteiger partial charge in [-0.05, 0) is 34.8 Å². The summed E-state index contributed by atoms with van der Waals surface area (Å²) in [6.45, 7) is 4.59. The maximum absolute atomic E-state index is 14.1. The molecule has 0 aliphatic carbocycles. The minimum atomic E-state index is -4.45. The van der Waals surface area contributed by atoms with Crippen LogP contribution < -0.4 is 5.32 Å². The molecule has 0 spiro atoms. The molecule has 0 fully saturated rings. The van der Waals surface area contributed by atoms with E-state index in [2.05, 4.69) is 34.5 Å². The van der Waals surface area contributed by atoms with Crippen LogP contribution in [0.1, 0.15) is 55.0 Å². The van der Waals surface area contributed by atoms with Crippen LogP contribution in [0, 0.1) is 4.77 Å². The summed E-state index contributed by atoms with van der Waals surface area (Å²) < 4.78 is 45.5. The summed E-state index contributed by atoms with van der Waals surface area (Å²) >= 11 is 5.39. The number of hydrogen-bond acceptors (Lipinski definition) is 4. The fourth-order valence-electron chi connectivity index (χ4n) is 4.44. The van der Waals surface area contributed by atoms with Gasteiger partial charge in [0.05, 0.1) is 12.6 Å². The van der Waals surface area contributed by atoms with Crippen molar-refractivity contribution in [3.8, 4) is 11.5 Å². The first kappa shape index (κ1) is 23.3. The van der Waals surface area contributed by atoms with Crippen LogP contribution in [0.25, 0.3) is 11.5 Å². The smallest absolute Gasteiger partial charge is 0.363 e. The first-order valence-electron chi connectivity index (χ1n) is 11.4. The molecule has 0 unspecified atom stereocenters. The lowest BCUT2D eigenvalue weighted by atomic mass is 9.94. The molecule has 5 rings (SSSR count). The number of halogens is 3. The molecule has 182 valence electrons. The maximum Gasteiger partial charge on any atom is 0.410 e. The zero-order valence-corrected chi connectivity index (χ0v) is 20.1. The van der Waals surface area contributed by atoms with Gasteiger partial charge in [-0.15, -0.1) is 0 Å². The van der Waals surface area contributed by atoms with Crippen LogP contribution in [-0.4, -0.2) is 30.7 Å². The highest BCUT2D eigenvalue weighted by Gasteiger charge is 2.46. The van der Waals surface area contributed by atoms with Gasteiger partial charge in [-0.1, -0.05) is 68.4 Å². The first-order chi connectivity index (χ1) is 16.7. The van der Waals surface area contributed by atoms with Gasteiger partial charge in [-0.2, -0.15) is 23.4 Å². The predicted octanol–water partition coefficient (Wildman–Crippen LogP) is 6.64. The monoisotopic (exact) mass is 498 g/mol. The quantitative estimate of drug-likeness (QED) is 0.303. The number of nitrogens with one attached hydrogen (secondary N) is 2. The van der Waals surface area contributed by atoms with Crippen molar-refractivity contribution in [1.29, 1.82) is 0 Å². The van der Waals surface area contributed by atoms with Gasteiger partial charge >= 0.3 is 6.18 Å². The van der Waals surface area contributed by atoms with E-state index in [0.29, 0.717) is 34.6 Å². The molecule has 0 saturated heterocycles. The van der Waals surface area contributed by atoms with Crippen molar-refractivity contribution in [2.24, 2.45) is 0 Å². The van der Waals surface area contributed by atoms with Crippen LogP contribution in [0.3, 0.4) is 0 Å². The minimum Gasteiger partial charge on any atom is -0.363 e. The van der Waals surface area contributed by atoms with E-state index in [0.717, 1.165) is 21.4 Å². The third-order valence-corrected chi connectivity index (χ3v) is 6.68. The summed E-state index contributed by atoms with van der Waals surface area (Å²) in [5.74, 6) is 1.04. The van der Waals surface area contributed by atoms with Crippen LogP contribution in [0.15, 0.2) is 60.7 Å². The molecule has 0 saturated carbocycles. The molecule has 35 heavy (non-hydrogen) atoms. The number of nitrogens with zero attached hydrogens (tertiary/aromatic N) is 4. The Hall–Kier alpha value is -3.40. The Bertz CT molecular complexity index is 1370. The number of aromatic nitrogens is 5. The Morgan fingerprint density at radius 3 is 2.46 bits per heavy atom. The lowest BCUT2D eigenvalue weighted by Crippen LogP contribution is -2.35. The molecule has 2 aromatic heterocycles. The van der Waals surface area contributed by atoms with Gasteiger partial charge in [0.15, 0.2) is 16.6 Å². The normalized spacial score (nSPS) is 17.9. The predicted molar refractivity (Wildman–Crippen MR) is 131 cm³/mol. The summed E-state index contributed by atoms with van der Waals surface area (Å²) in [4.78, 5) is 0. The van der Waals surface area contributed by atoms with Crippen molar-refractivity contribution in [2.45, 2.75) is 51.0 Å². The lowest BCUT2D eigenvalue weighted by Gasteiger charge is -2.33. The number of fused-ring (bicyclic) bond motifs is 1. The number of aromatic amines is 1. The molecule has 6 nitrogen and oxygen atoms in total. The van der Waals surface area contributed by atoms with Gasteiger partial charge in [0.2, 0.25) is 0 Å². The Morgan fingerprint density at radius 1 is 1.09 bits per heavy atom. The van der Waals surface area contributed by atoms with E-state index in [1.54, 1.807) is 10.6 Å². The number of anilines is 1. The Kier molecular flexibility index (Phi) is 6.00. The highest BCUT2D eigenvalue weighted by Crippen LogP contribution is 2.44. The third-order valence-electron chi connectivity index (χ3n) is 6.37. The van der Waals surface area contributed by atoms with E-state index in [-0.39, 0.29) is 6.42 Å². The summed E-state index contributed by atoms with van der Waals surface area (Å²) in [7, 11) is 0. The Morgan fingerprint density at radius 2 is 1.80 bits per heavy atom. The Labute approximate surface area is 205 Å². The average molecular weight is 499 g/mol. The number of alkyl halides is 3. The second-order valence-electron chi connectivity index (χ2n) is 9.09. The summed E-state index contributed by atoms with van der Waals surface area (Å²) in [6, 6.07) is 16.8. The topological polar surface area (TPSA) is 63.5 Å². The Balaban J connectivity index is 1.51. The first-order valence-corrected chi connectivity index (χ1v) is 11.8. The van der Waals surface area contributed by atoms with Gasteiger partial charge in [-0.3, -0.25) is 9.67 Å². The highest BCUT2D eigenvalue weighted by molar-refractivity contribution is 7.71. The van der Waals surface area contributed by atoms with Crippen molar-refractivity contribution in [1.82, 2.24) is 24.5 Å². The molecule has 2 aromatic carbocycles. The van der Waals surface area contributed by atoms with Crippen molar-refractivity contribution in [2.75, 3.05) is 5.32 Å². The van der Waals surface area contributed by atoms with Crippen LogP contribution >= 0.6 is 12.2 Å². The van der Waals surface area contributed by atoms with Crippen molar-refractivity contribution < 1.29 is 13.2 Å². The van der Waals surface area contributed by atoms with E-state index in [1.807, 2.05) is 54.6 Å². The second-order valence-corrected chi connectivity index (χ2v) is 9.48. The van der Waals surface area contributed by atoms with Crippen LogP contribution in [0.4, 0.5) is 19.0 Å². The van der Waals surface area contributed by atoms with Crippen molar-refractivity contribution in [3.63, 3.8) is 0 Å². The standard InChI is InChI=1S/C25H25F3N6S/c1-15(2)17-8-10-18(11-9-17)19-12-21(25(26,27)28)34-22(29-19)13-20(32-34)23-30-31-24(35)33(23)14-16-6-4-3-5-7-16/h3-11,13,15,19,21,29H,12,14H2,1-2H3,(H,31,35)/t19-,21-/m0/s1. The zero-order chi connectivity index (χ0) is 24.7. The van der Waals surface area contributed by atoms with Gasteiger partial charge in [0.1, 0.15) is 11.5 Å². The van der Waals surface area contributed by atoms with E-state index in [4.69, 9.17) is 12.2 Å². The van der Waals surface area contributed by atoms with Crippen LogP contribution in [0.5, 0.6) is 0 Å². The van der Waals surface area contributed by atoms with Crippen LogP contribution in [0.2, 0.25) is 0 Å².